The van der Waals surface area contributed by atoms with E-state index in [1.165, 1.54) is 12.1 Å². The first-order valence-electron chi connectivity index (χ1n) is 5.87. The molecule has 0 aliphatic rings. The third-order valence-corrected chi connectivity index (χ3v) is 2.93. The molecular formula is C13H16Cl2N2O3. The third-order valence-electron chi connectivity index (χ3n) is 2.33. The third kappa shape index (κ3) is 5.00. The Labute approximate surface area is 127 Å². The lowest BCUT2D eigenvalue weighted by Crippen LogP contribution is -2.41. The number of carboxylic acids is 1. The zero-order valence-electron chi connectivity index (χ0n) is 11.4. The lowest BCUT2D eigenvalue weighted by Gasteiger charge is -2.20. The van der Waals surface area contributed by atoms with Gasteiger partial charge in [-0.25, -0.2) is 4.79 Å². The van der Waals surface area contributed by atoms with E-state index >= 15 is 0 Å². The molecular weight excluding hydrogens is 303 g/mol. The van der Waals surface area contributed by atoms with Gasteiger partial charge >= 0.3 is 5.97 Å². The van der Waals surface area contributed by atoms with Crippen molar-refractivity contribution in [3.05, 3.63) is 27.7 Å². The molecule has 0 unspecified atom stereocenters. The summed E-state index contributed by atoms with van der Waals surface area (Å²) in [5, 5.41) is 14.6. The minimum absolute atomic E-state index is 0.0363. The Hall–Kier alpha value is -1.30. The molecule has 7 heteroatoms. The van der Waals surface area contributed by atoms with Crippen LogP contribution in [0.5, 0.6) is 0 Å². The molecule has 5 nitrogen and oxygen atoms in total. The highest BCUT2D eigenvalue weighted by molar-refractivity contribution is 6.40. The lowest BCUT2D eigenvalue weighted by molar-refractivity contribution is -0.115. The number of benzene rings is 1. The molecule has 0 aliphatic carbocycles. The van der Waals surface area contributed by atoms with E-state index in [0.29, 0.717) is 0 Å². The largest absolute Gasteiger partial charge is 0.478 e. The summed E-state index contributed by atoms with van der Waals surface area (Å²) in [7, 11) is 0. The van der Waals surface area contributed by atoms with Crippen LogP contribution < -0.4 is 10.6 Å². The van der Waals surface area contributed by atoms with Gasteiger partial charge in [-0.2, -0.15) is 0 Å². The fourth-order valence-corrected chi connectivity index (χ4v) is 1.93. The van der Waals surface area contributed by atoms with Crippen molar-refractivity contribution in [2.75, 3.05) is 11.9 Å². The highest BCUT2D eigenvalue weighted by Crippen LogP contribution is 2.31. The Bertz CT molecular complexity index is 516. The van der Waals surface area contributed by atoms with E-state index in [1.54, 1.807) is 0 Å². The molecule has 1 aromatic carbocycles. The fourth-order valence-electron chi connectivity index (χ4n) is 1.35. The molecule has 0 radical (unpaired) electrons. The SMILES string of the molecule is CC(C)(C)NCC(=O)Nc1c(Cl)cc(C(=O)O)cc1Cl. The Morgan fingerprint density at radius 3 is 2.10 bits per heavy atom. The van der Waals surface area contributed by atoms with Crippen molar-refractivity contribution < 1.29 is 14.7 Å². The zero-order valence-corrected chi connectivity index (χ0v) is 12.9. The molecule has 0 aliphatic heterocycles. The van der Waals surface area contributed by atoms with Crippen molar-refractivity contribution in [1.29, 1.82) is 0 Å². The number of hydrogen-bond donors (Lipinski definition) is 3. The van der Waals surface area contributed by atoms with Gasteiger partial charge in [-0.05, 0) is 32.9 Å². The van der Waals surface area contributed by atoms with Crippen LogP contribution in [-0.2, 0) is 4.79 Å². The molecule has 3 N–H and O–H groups in total. The van der Waals surface area contributed by atoms with E-state index in [1.807, 2.05) is 20.8 Å². The number of amides is 1. The first-order valence-corrected chi connectivity index (χ1v) is 6.63. The van der Waals surface area contributed by atoms with Crippen molar-refractivity contribution in [3.63, 3.8) is 0 Å². The maximum absolute atomic E-state index is 11.8. The predicted molar refractivity (Wildman–Crippen MR) is 79.8 cm³/mol. The van der Waals surface area contributed by atoms with Gasteiger partial charge in [0.2, 0.25) is 5.91 Å². The molecule has 0 aromatic heterocycles. The van der Waals surface area contributed by atoms with Gasteiger partial charge in [0.15, 0.2) is 0 Å². The second-order valence-corrected chi connectivity index (χ2v) is 6.09. The van der Waals surface area contributed by atoms with Crippen molar-refractivity contribution in [3.8, 4) is 0 Å². The summed E-state index contributed by atoms with van der Waals surface area (Å²) >= 11 is 11.9. The van der Waals surface area contributed by atoms with Crippen molar-refractivity contribution in [1.82, 2.24) is 5.32 Å². The summed E-state index contributed by atoms with van der Waals surface area (Å²) in [6.45, 7) is 5.89. The minimum Gasteiger partial charge on any atom is -0.478 e. The Morgan fingerprint density at radius 1 is 1.20 bits per heavy atom. The molecule has 0 heterocycles. The van der Waals surface area contributed by atoms with Gasteiger partial charge in [0.25, 0.3) is 0 Å². The maximum Gasteiger partial charge on any atom is 0.335 e. The van der Waals surface area contributed by atoms with Crippen molar-refractivity contribution >= 4 is 40.8 Å². The van der Waals surface area contributed by atoms with Gasteiger partial charge in [-0.15, -0.1) is 0 Å². The maximum atomic E-state index is 11.8. The second kappa shape index (κ2) is 6.43. The highest BCUT2D eigenvalue weighted by atomic mass is 35.5. The molecule has 0 saturated heterocycles. The van der Waals surface area contributed by atoms with Gasteiger partial charge in [-0.1, -0.05) is 23.2 Å². The number of anilines is 1. The molecule has 1 aromatic rings. The van der Waals surface area contributed by atoms with E-state index < -0.39 is 5.97 Å². The number of rotatable bonds is 4. The van der Waals surface area contributed by atoms with Crippen LogP contribution in [0.25, 0.3) is 0 Å². The van der Waals surface area contributed by atoms with E-state index in [0.717, 1.165) is 0 Å². The predicted octanol–water partition coefficient (Wildman–Crippen LogP) is 3.02. The summed E-state index contributed by atoms with van der Waals surface area (Å²) in [4.78, 5) is 22.6. The van der Waals surface area contributed by atoms with Crippen LogP contribution in [0.3, 0.4) is 0 Å². The topological polar surface area (TPSA) is 78.4 Å². The van der Waals surface area contributed by atoms with Crippen LogP contribution in [-0.4, -0.2) is 29.1 Å². The number of aromatic carboxylic acids is 1. The number of carbonyl (C=O) groups excluding carboxylic acids is 1. The second-order valence-electron chi connectivity index (χ2n) is 5.27. The number of carbonyl (C=O) groups is 2. The molecule has 0 saturated carbocycles. The number of carboxylic acid groups (broad SMARTS) is 1. The number of nitrogens with one attached hydrogen (secondary N) is 2. The Balaban J connectivity index is 2.83. The average Bonchev–Trinajstić information content (AvgIpc) is 2.30. The van der Waals surface area contributed by atoms with Crippen LogP contribution >= 0.6 is 23.2 Å². The standard InChI is InChI=1S/C13H16Cl2N2O3/c1-13(2,3)16-6-10(18)17-11-8(14)4-7(12(19)20)5-9(11)15/h4-5,16H,6H2,1-3H3,(H,17,18)(H,19,20). The lowest BCUT2D eigenvalue weighted by atomic mass is 10.1. The molecule has 110 valence electrons. The van der Waals surface area contributed by atoms with Crippen LogP contribution in [0.2, 0.25) is 10.0 Å². The molecule has 1 rings (SSSR count). The van der Waals surface area contributed by atoms with Crippen LogP contribution in [0, 0.1) is 0 Å². The fraction of sp³-hybridized carbons (Fsp3) is 0.385. The monoisotopic (exact) mass is 318 g/mol. The minimum atomic E-state index is -1.14. The van der Waals surface area contributed by atoms with Gasteiger partial charge in [0.05, 0.1) is 27.8 Å². The van der Waals surface area contributed by atoms with Gasteiger partial charge in [0.1, 0.15) is 0 Å². The van der Waals surface area contributed by atoms with Crippen LogP contribution in [0.4, 0.5) is 5.69 Å². The normalized spacial score (nSPS) is 11.2. The summed E-state index contributed by atoms with van der Waals surface area (Å²) in [6.07, 6.45) is 0. The Kier molecular flexibility index (Phi) is 5.39. The average molecular weight is 319 g/mol. The quantitative estimate of drug-likeness (QED) is 0.797. The summed E-state index contributed by atoms with van der Waals surface area (Å²) in [6, 6.07) is 2.48. The number of hydrogen-bond acceptors (Lipinski definition) is 3. The van der Waals surface area contributed by atoms with E-state index in [9.17, 15) is 9.59 Å². The smallest absolute Gasteiger partial charge is 0.335 e. The Morgan fingerprint density at radius 2 is 1.70 bits per heavy atom. The van der Waals surface area contributed by atoms with Gasteiger partial charge in [-0.3, -0.25) is 4.79 Å². The first-order chi connectivity index (χ1) is 9.10. The summed E-state index contributed by atoms with van der Waals surface area (Å²) in [5.74, 6) is -1.45. The van der Waals surface area contributed by atoms with Crippen molar-refractivity contribution in [2.45, 2.75) is 26.3 Å². The summed E-state index contributed by atoms with van der Waals surface area (Å²) < 4.78 is 0. The van der Waals surface area contributed by atoms with Crippen molar-refractivity contribution in [2.24, 2.45) is 0 Å². The molecule has 0 spiro atoms. The molecule has 1 amide bonds. The zero-order chi connectivity index (χ0) is 15.5. The van der Waals surface area contributed by atoms with Crippen LogP contribution in [0.15, 0.2) is 12.1 Å². The highest BCUT2D eigenvalue weighted by Gasteiger charge is 2.16. The van der Waals surface area contributed by atoms with E-state index in [2.05, 4.69) is 10.6 Å². The first kappa shape index (κ1) is 16.8. The van der Waals surface area contributed by atoms with E-state index in [-0.39, 0.29) is 39.3 Å². The molecule has 0 fully saturated rings. The van der Waals surface area contributed by atoms with Crippen LogP contribution in [0.1, 0.15) is 31.1 Å². The molecule has 0 bridgehead atoms. The van der Waals surface area contributed by atoms with Gasteiger partial charge < -0.3 is 15.7 Å². The summed E-state index contributed by atoms with van der Waals surface area (Å²) in [5.41, 5.74) is -0.0252. The molecule has 20 heavy (non-hydrogen) atoms. The number of halogens is 2. The van der Waals surface area contributed by atoms with Gasteiger partial charge in [0, 0.05) is 5.54 Å². The molecule has 0 atom stereocenters. The van der Waals surface area contributed by atoms with E-state index in [4.69, 9.17) is 28.3 Å².